The Morgan fingerprint density at radius 2 is 1.76 bits per heavy atom. The van der Waals surface area contributed by atoms with E-state index >= 15 is 0 Å². The smallest absolute Gasteiger partial charge is 0.0793 e. The van der Waals surface area contributed by atoms with Gasteiger partial charge in [0, 0.05) is 0 Å². The highest BCUT2D eigenvalue weighted by atomic mass is 16.3. The zero-order chi connectivity index (χ0) is 12.3. The molecule has 1 atom stereocenters. The third-order valence-electron chi connectivity index (χ3n) is 2.93. The van der Waals surface area contributed by atoms with Gasteiger partial charge in [-0.15, -0.1) is 0 Å². The molecule has 0 saturated carbocycles. The fraction of sp³-hybridized carbons (Fsp3) is 0.500. The Morgan fingerprint density at radius 1 is 1.06 bits per heavy atom. The van der Waals surface area contributed by atoms with Gasteiger partial charge >= 0.3 is 0 Å². The number of hydrogen-bond donors (Lipinski definition) is 1. The summed E-state index contributed by atoms with van der Waals surface area (Å²) in [6, 6.07) is 9.88. The molecule has 1 aromatic rings. The third-order valence-corrected chi connectivity index (χ3v) is 2.93. The summed E-state index contributed by atoms with van der Waals surface area (Å²) in [6.07, 6.45) is 10.9. The van der Waals surface area contributed by atoms with Crippen LogP contribution in [0.2, 0.25) is 0 Å². The van der Waals surface area contributed by atoms with Gasteiger partial charge in [-0.2, -0.15) is 0 Å². The largest absolute Gasteiger partial charge is 0.388 e. The van der Waals surface area contributed by atoms with Crippen LogP contribution in [0.5, 0.6) is 0 Å². The molecule has 0 radical (unpaired) electrons. The van der Waals surface area contributed by atoms with Crippen LogP contribution in [-0.4, -0.2) is 5.11 Å². The number of benzene rings is 1. The fourth-order valence-electron chi connectivity index (χ4n) is 1.84. The molecule has 0 fully saturated rings. The molecule has 0 bridgehead atoms. The molecule has 1 rings (SSSR count). The van der Waals surface area contributed by atoms with Crippen LogP contribution in [0.4, 0.5) is 0 Å². The van der Waals surface area contributed by atoms with Crippen LogP contribution in [-0.2, 0) is 0 Å². The average Bonchev–Trinajstić information content (AvgIpc) is 2.38. The number of hydrogen-bond acceptors (Lipinski definition) is 1. The van der Waals surface area contributed by atoms with E-state index in [1.54, 1.807) is 0 Å². The molecule has 0 aliphatic rings. The van der Waals surface area contributed by atoms with E-state index in [1.165, 1.54) is 25.7 Å². The van der Waals surface area contributed by atoms with Crippen molar-refractivity contribution < 1.29 is 5.11 Å². The molecule has 0 aliphatic carbocycles. The van der Waals surface area contributed by atoms with Crippen LogP contribution in [0.3, 0.4) is 0 Å². The van der Waals surface area contributed by atoms with Gasteiger partial charge in [-0.1, -0.05) is 62.2 Å². The summed E-state index contributed by atoms with van der Waals surface area (Å²) in [5, 5.41) is 9.93. The van der Waals surface area contributed by atoms with E-state index < -0.39 is 0 Å². The Labute approximate surface area is 105 Å². The Kier molecular flexibility index (Phi) is 7.40. The average molecular weight is 232 g/mol. The van der Waals surface area contributed by atoms with Crippen molar-refractivity contribution in [3.63, 3.8) is 0 Å². The normalized spacial score (nSPS) is 13.1. The second-order valence-corrected chi connectivity index (χ2v) is 4.47. The van der Waals surface area contributed by atoms with Crippen LogP contribution < -0.4 is 0 Å². The van der Waals surface area contributed by atoms with Crippen molar-refractivity contribution in [1.29, 1.82) is 0 Å². The van der Waals surface area contributed by atoms with Gasteiger partial charge in [-0.25, -0.2) is 0 Å². The highest BCUT2D eigenvalue weighted by Crippen LogP contribution is 2.17. The van der Waals surface area contributed by atoms with Gasteiger partial charge in [0.15, 0.2) is 0 Å². The fourth-order valence-corrected chi connectivity index (χ4v) is 1.84. The molecule has 0 aromatic heterocycles. The first kappa shape index (κ1) is 14.0. The number of rotatable bonds is 8. The number of allylic oxidation sites excluding steroid dienone is 2. The summed E-state index contributed by atoms with van der Waals surface area (Å²) in [6.45, 7) is 2.22. The van der Waals surface area contributed by atoms with Gasteiger partial charge in [0.1, 0.15) is 0 Å². The first-order valence-electron chi connectivity index (χ1n) is 6.72. The molecule has 0 aliphatic heterocycles. The minimum absolute atomic E-state index is 0.323. The maximum absolute atomic E-state index is 9.93. The molecule has 1 unspecified atom stereocenters. The van der Waals surface area contributed by atoms with Crippen molar-refractivity contribution in [2.75, 3.05) is 0 Å². The van der Waals surface area contributed by atoms with Crippen molar-refractivity contribution in [2.45, 2.75) is 51.6 Å². The molecule has 1 heteroatoms. The number of aliphatic hydroxyl groups excluding tert-OH is 1. The van der Waals surface area contributed by atoms with Crippen LogP contribution in [0.25, 0.3) is 0 Å². The molecule has 0 spiro atoms. The predicted octanol–water partition coefficient (Wildman–Crippen LogP) is 4.64. The quantitative estimate of drug-likeness (QED) is 0.511. The second-order valence-electron chi connectivity index (χ2n) is 4.47. The van der Waals surface area contributed by atoms with Crippen molar-refractivity contribution in [3.05, 3.63) is 48.0 Å². The lowest BCUT2D eigenvalue weighted by Crippen LogP contribution is -1.95. The van der Waals surface area contributed by atoms with Gasteiger partial charge in [0.25, 0.3) is 0 Å². The van der Waals surface area contributed by atoms with Gasteiger partial charge in [-0.3, -0.25) is 0 Å². The summed E-state index contributed by atoms with van der Waals surface area (Å²) >= 11 is 0. The lowest BCUT2D eigenvalue weighted by Gasteiger charge is -2.08. The Balaban J connectivity index is 2.14. The second kappa shape index (κ2) is 9.00. The molecular formula is C16H24O. The first-order chi connectivity index (χ1) is 8.34. The maximum Gasteiger partial charge on any atom is 0.0793 e. The lowest BCUT2D eigenvalue weighted by atomic mass is 10.0. The van der Waals surface area contributed by atoms with Crippen LogP contribution >= 0.6 is 0 Å². The van der Waals surface area contributed by atoms with Crippen molar-refractivity contribution in [1.82, 2.24) is 0 Å². The standard InChI is InChI=1S/C16H24O/c1-2-3-4-5-6-7-11-14-16(17)15-12-9-8-10-13-15/h6-10,12-13,16-17H,2-5,11,14H2,1H3/b7-6-. The molecule has 0 amide bonds. The highest BCUT2D eigenvalue weighted by molar-refractivity contribution is 5.17. The molecular weight excluding hydrogens is 208 g/mol. The van der Waals surface area contributed by atoms with Gasteiger partial charge in [0.05, 0.1) is 6.10 Å². The summed E-state index contributed by atoms with van der Waals surface area (Å²) in [7, 11) is 0. The van der Waals surface area contributed by atoms with Gasteiger partial charge < -0.3 is 5.11 Å². The predicted molar refractivity (Wildman–Crippen MR) is 73.9 cm³/mol. The summed E-state index contributed by atoms with van der Waals surface area (Å²) in [5.74, 6) is 0. The minimum Gasteiger partial charge on any atom is -0.388 e. The van der Waals surface area contributed by atoms with Crippen LogP contribution in [0.1, 0.15) is 57.1 Å². The molecule has 1 nitrogen and oxygen atoms in total. The van der Waals surface area contributed by atoms with E-state index in [0.717, 1.165) is 18.4 Å². The molecule has 94 valence electrons. The zero-order valence-electron chi connectivity index (χ0n) is 10.8. The molecule has 17 heavy (non-hydrogen) atoms. The molecule has 0 saturated heterocycles. The van der Waals surface area contributed by atoms with Crippen molar-refractivity contribution in [3.8, 4) is 0 Å². The Bertz CT molecular complexity index is 303. The first-order valence-corrected chi connectivity index (χ1v) is 6.72. The lowest BCUT2D eigenvalue weighted by molar-refractivity contribution is 0.168. The SMILES string of the molecule is CCCCC/C=C\CCC(O)c1ccccc1. The molecule has 1 N–H and O–H groups in total. The zero-order valence-corrected chi connectivity index (χ0v) is 10.8. The summed E-state index contributed by atoms with van der Waals surface area (Å²) in [4.78, 5) is 0. The van der Waals surface area contributed by atoms with Crippen molar-refractivity contribution >= 4 is 0 Å². The number of unbranched alkanes of at least 4 members (excludes halogenated alkanes) is 3. The maximum atomic E-state index is 9.93. The summed E-state index contributed by atoms with van der Waals surface area (Å²) in [5.41, 5.74) is 1.02. The van der Waals surface area contributed by atoms with E-state index in [2.05, 4.69) is 19.1 Å². The van der Waals surface area contributed by atoms with Crippen LogP contribution in [0, 0.1) is 0 Å². The topological polar surface area (TPSA) is 20.2 Å². The van der Waals surface area contributed by atoms with E-state index in [9.17, 15) is 5.11 Å². The molecule has 0 heterocycles. The van der Waals surface area contributed by atoms with Crippen molar-refractivity contribution in [2.24, 2.45) is 0 Å². The van der Waals surface area contributed by atoms with E-state index in [4.69, 9.17) is 0 Å². The van der Waals surface area contributed by atoms with E-state index in [0.29, 0.717) is 0 Å². The minimum atomic E-state index is -0.323. The van der Waals surface area contributed by atoms with Crippen LogP contribution in [0.15, 0.2) is 42.5 Å². The van der Waals surface area contributed by atoms with E-state index in [1.807, 2.05) is 30.3 Å². The molecule has 1 aromatic carbocycles. The Morgan fingerprint density at radius 3 is 2.47 bits per heavy atom. The van der Waals surface area contributed by atoms with Gasteiger partial charge in [-0.05, 0) is 31.2 Å². The number of aliphatic hydroxyl groups is 1. The van der Waals surface area contributed by atoms with Gasteiger partial charge in [0.2, 0.25) is 0 Å². The third kappa shape index (κ3) is 6.28. The monoisotopic (exact) mass is 232 g/mol. The Hall–Kier alpha value is -1.08. The van der Waals surface area contributed by atoms with E-state index in [-0.39, 0.29) is 6.10 Å². The highest BCUT2D eigenvalue weighted by Gasteiger charge is 2.04. The summed E-state index contributed by atoms with van der Waals surface area (Å²) < 4.78 is 0.